The van der Waals surface area contributed by atoms with E-state index in [-0.39, 0.29) is 11.4 Å². The highest BCUT2D eigenvalue weighted by molar-refractivity contribution is 5.27. The van der Waals surface area contributed by atoms with Crippen LogP contribution in [0.15, 0.2) is 52.6 Å². The van der Waals surface area contributed by atoms with Crippen LogP contribution >= 0.6 is 0 Å². The summed E-state index contributed by atoms with van der Waals surface area (Å²) in [6.07, 6.45) is 13.4. The van der Waals surface area contributed by atoms with E-state index in [1.54, 1.807) is 43.1 Å². The number of imidazole rings is 2. The molecule has 17 heavy (non-hydrogen) atoms. The predicted molar refractivity (Wildman–Crippen MR) is 64.6 cm³/mol. The molecular weight excluding hydrogens is 220 g/mol. The van der Waals surface area contributed by atoms with Gasteiger partial charge in [-0.15, -0.1) is 0 Å². The molecule has 88 valence electrons. The summed E-state index contributed by atoms with van der Waals surface area (Å²) in [5.74, 6) is 0. The van der Waals surface area contributed by atoms with Gasteiger partial charge in [0.1, 0.15) is 0 Å². The second-order valence-electron chi connectivity index (χ2n) is 3.36. The first kappa shape index (κ1) is 11.0. The molecule has 2 heterocycles. The first-order chi connectivity index (χ1) is 8.27. The van der Waals surface area contributed by atoms with Crippen LogP contribution in [-0.4, -0.2) is 19.1 Å². The van der Waals surface area contributed by atoms with Crippen molar-refractivity contribution in [3.63, 3.8) is 0 Å². The Morgan fingerprint density at radius 3 is 2.47 bits per heavy atom. The van der Waals surface area contributed by atoms with E-state index in [0.29, 0.717) is 6.54 Å². The van der Waals surface area contributed by atoms with Crippen molar-refractivity contribution in [2.45, 2.75) is 6.54 Å². The van der Waals surface area contributed by atoms with Crippen molar-refractivity contribution in [2.24, 2.45) is 0 Å². The number of rotatable bonds is 4. The van der Waals surface area contributed by atoms with Gasteiger partial charge in [0.2, 0.25) is 0 Å². The lowest BCUT2D eigenvalue weighted by Crippen LogP contribution is -2.14. The third-order valence-corrected chi connectivity index (χ3v) is 2.19. The van der Waals surface area contributed by atoms with E-state index in [4.69, 9.17) is 0 Å². The number of allylic oxidation sites excluding steroid dienone is 3. The van der Waals surface area contributed by atoms with Gasteiger partial charge in [-0.05, 0) is 6.08 Å². The topological polar surface area (TPSA) is 75.6 Å². The van der Waals surface area contributed by atoms with Crippen LogP contribution < -0.4 is 11.4 Å². The maximum Gasteiger partial charge on any atom is 0.329 e. The molecule has 2 N–H and O–H groups in total. The van der Waals surface area contributed by atoms with Crippen LogP contribution in [0.4, 0.5) is 0 Å². The van der Waals surface area contributed by atoms with E-state index in [1.807, 2.05) is 6.08 Å². The first-order valence-electron chi connectivity index (χ1n) is 5.10. The normalized spacial score (nSPS) is 11.8. The third-order valence-electron chi connectivity index (χ3n) is 2.19. The standard InChI is InChI=1S/C11H12N4O2/c16-10-12-4-8-14(10)6-2-1-3-7-15-9-5-13-11(15)17/h1-6,8-9H,7H2,(H,12,16)(H,13,17)/b3-1+,6-2+. The quantitative estimate of drug-likeness (QED) is 0.748. The van der Waals surface area contributed by atoms with Crippen LogP contribution in [0.5, 0.6) is 0 Å². The predicted octanol–water partition coefficient (Wildman–Crippen LogP) is 0.393. The van der Waals surface area contributed by atoms with Crippen LogP contribution in [0.3, 0.4) is 0 Å². The fourth-order valence-corrected chi connectivity index (χ4v) is 1.34. The molecule has 6 nitrogen and oxygen atoms in total. The average Bonchev–Trinajstić information content (AvgIpc) is 2.89. The summed E-state index contributed by atoms with van der Waals surface area (Å²) in [4.78, 5) is 27.3. The summed E-state index contributed by atoms with van der Waals surface area (Å²) in [6, 6.07) is 0. The van der Waals surface area contributed by atoms with Gasteiger partial charge in [-0.3, -0.25) is 9.13 Å². The molecule has 6 heteroatoms. The van der Waals surface area contributed by atoms with Gasteiger partial charge in [-0.25, -0.2) is 9.59 Å². The summed E-state index contributed by atoms with van der Waals surface area (Å²) in [6.45, 7) is 0.495. The summed E-state index contributed by atoms with van der Waals surface area (Å²) >= 11 is 0. The molecule has 2 aromatic rings. The average molecular weight is 232 g/mol. The van der Waals surface area contributed by atoms with Gasteiger partial charge in [-0.2, -0.15) is 0 Å². The number of nitrogens with one attached hydrogen (secondary N) is 2. The molecule has 0 unspecified atom stereocenters. The Hall–Kier alpha value is -2.50. The minimum Gasteiger partial charge on any atom is -0.313 e. The number of hydrogen-bond donors (Lipinski definition) is 2. The van der Waals surface area contributed by atoms with Crippen molar-refractivity contribution in [1.29, 1.82) is 0 Å². The largest absolute Gasteiger partial charge is 0.329 e. The molecular formula is C11H12N4O2. The van der Waals surface area contributed by atoms with E-state index in [0.717, 1.165) is 0 Å². The summed E-state index contributed by atoms with van der Waals surface area (Å²) in [7, 11) is 0. The highest BCUT2D eigenvalue weighted by atomic mass is 16.1. The zero-order valence-corrected chi connectivity index (χ0v) is 9.04. The molecule has 0 spiro atoms. The number of aromatic nitrogens is 4. The maximum absolute atomic E-state index is 11.1. The van der Waals surface area contributed by atoms with Gasteiger partial charge < -0.3 is 9.97 Å². The Kier molecular flexibility index (Phi) is 3.25. The summed E-state index contributed by atoms with van der Waals surface area (Å²) in [5, 5.41) is 0. The third kappa shape index (κ3) is 2.75. The Labute approximate surface area is 96.5 Å². The number of nitrogens with zero attached hydrogens (tertiary/aromatic N) is 2. The van der Waals surface area contributed by atoms with Crippen molar-refractivity contribution < 1.29 is 0 Å². The maximum atomic E-state index is 11.1. The molecule has 0 bridgehead atoms. The summed E-state index contributed by atoms with van der Waals surface area (Å²) < 4.78 is 2.96. The molecule has 0 fully saturated rings. The van der Waals surface area contributed by atoms with Crippen LogP contribution in [0.2, 0.25) is 0 Å². The van der Waals surface area contributed by atoms with Crippen molar-refractivity contribution in [3.8, 4) is 0 Å². The number of hydrogen-bond acceptors (Lipinski definition) is 2. The van der Waals surface area contributed by atoms with Crippen LogP contribution in [0.25, 0.3) is 6.20 Å². The second kappa shape index (κ2) is 5.02. The van der Waals surface area contributed by atoms with Crippen LogP contribution in [0.1, 0.15) is 0 Å². The number of H-pyrrole nitrogens is 2. The zero-order valence-electron chi connectivity index (χ0n) is 9.04. The second-order valence-corrected chi connectivity index (χ2v) is 3.36. The highest BCUT2D eigenvalue weighted by Crippen LogP contribution is 1.86. The van der Waals surface area contributed by atoms with Crippen molar-refractivity contribution >= 4 is 6.20 Å². The summed E-state index contributed by atoms with van der Waals surface area (Å²) in [5.41, 5.74) is -0.322. The molecule has 0 aliphatic carbocycles. The molecule has 0 aromatic carbocycles. The lowest BCUT2D eigenvalue weighted by atomic mass is 10.4. The van der Waals surface area contributed by atoms with Crippen molar-refractivity contribution in [1.82, 2.24) is 19.1 Å². The van der Waals surface area contributed by atoms with Gasteiger partial charge in [-0.1, -0.05) is 12.2 Å². The van der Waals surface area contributed by atoms with E-state index in [2.05, 4.69) is 9.97 Å². The van der Waals surface area contributed by atoms with E-state index >= 15 is 0 Å². The molecule has 2 aromatic heterocycles. The fourth-order valence-electron chi connectivity index (χ4n) is 1.34. The van der Waals surface area contributed by atoms with Gasteiger partial charge >= 0.3 is 11.4 Å². The SMILES string of the molecule is O=c1[nH]ccn1/C=C/C=C/Cn1cc[nH]c1=O. The molecule has 0 radical (unpaired) electrons. The van der Waals surface area contributed by atoms with E-state index < -0.39 is 0 Å². The molecule has 0 atom stereocenters. The monoisotopic (exact) mass is 232 g/mol. The lowest BCUT2D eigenvalue weighted by molar-refractivity contribution is 0.781. The Morgan fingerprint density at radius 1 is 1.06 bits per heavy atom. The lowest BCUT2D eigenvalue weighted by Gasteiger charge is -1.91. The first-order valence-corrected chi connectivity index (χ1v) is 5.10. The van der Waals surface area contributed by atoms with Crippen molar-refractivity contribution in [2.75, 3.05) is 0 Å². The Bertz CT molecular complexity index is 638. The van der Waals surface area contributed by atoms with E-state index in [9.17, 15) is 9.59 Å². The van der Waals surface area contributed by atoms with Gasteiger partial charge in [0.25, 0.3) is 0 Å². The van der Waals surface area contributed by atoms with Gasteiger partial charge in [0.15, 0.2) is 0 Å². The van der Waals surface area contributed by atoms with Gasteiger partial charge in [0, 0.05) is 37.5 Å². The Balaban J connectivity index is 1.93. The fraction of sp³-hybridized carbons (Fsp3) is 0.0909. The highest BCUT2D eigenvalue weighted by Gasteiger charge is 1.90. The molecule has 0 amide bonds. The molecule has 0 saturated carbocycles. The van der Waals surface area contributed by atoms with Crippen molar-refractivity contribution in [3.05, 3.63) is 64.0 Å². The molecule has 2 rings (SSSR count). The molecule has 0 saturated heterocycles. The molecule has 0 aliphatic rings. The van der Waals surface area contributed by atoms with Gasteiger partial charge in [0.05, 0.1) is 0 Å². The smallest absolute Gasteiger partial charge is 0.313 e. The van der Waals surface area contributed by atoms with Crippen LogP contribution in [-0.2, 0) is 6.54 Å². The Morgan fingerprint density at radius 2 is 1.82 bits per heavy atom. The molecule has 0 aliphatic heterocycles. The number of aromatic amines is 2. The zero-order chi connectivity index (χ0) is 12.1. The van der Waals surface area contributed by atoms with Crippen LogP contribution in [0, 0.1) is 0 Å². The minimum absolute atomic E-state index is 0.138. The minimum atomic E-state index is -0.184. The van der Waals surface area contributed by atoms with E-state index in [1.165, 1.54) is 9.13 Å².